The van der Waals surface area contributed by atoms with E-state index in [1.807, 2.05) is 40.9 Å². The molecule has 1 spiro atoms. The van der Waals surface area contributed by atoms with E-state index in [1.54, 1.807) is 0 Å². The van der Waals surface area contributed by atoms with Gasteiger partial charge in [-0.05, 0) is 46.8 Å². The van der Waals surface area contributed by atoms with Crippen LogP contribution < -0.4 is 16.0 Å². The maximum Gasteiger partial charge on any atom is 0.321 e. The molecule has 3 rings (SSSR count). The number of carbonyl (C=O) groups is 2. The number of urea groups is 1. The van der Waals surface area contributed by atoms with Crippen molar-refractivity contribution in [3.63, 3.8) is 0 Å². The van der Waals surface area contributed by atoms with Gasteiger partial charge in [-0.15, -0.1) is 11.8 Å². The van der Waals surface area contributed by atoms with Gasteiger partial charge in [-0.25, -0.2) is 4.79 Å². The summed E-state index contributed by atoms with van der Waals surface area (Å²) >= 11 is 5.28. The summed E-state index contributed by atoms with van der Waals surface area (Å²) in [7, 11) is 0. The molecule has 8 heteroatoms. The van der Waals surface area contributed by atoms with Crippen molar-refractivity contribution in [2.75, 3.05) is 30.7 Å². The molecule has 1 aromatic carbocycles. The Morgan fingerprint density at radius 2 is 2.07 bits per heavy atom. The molecule has 28 heavy (non-hydrogen) atoms. The number of anilines is 1. The van der Waals surface area contributed by atoms with Crippen LogP contribution in [-0.2, 0) is 4.79 Å². The van der Waals surface area contributed by atoms with Crippen molar-refractivity contribution in [1.29, 1.82) is 0 Å². The van der Waals surface area contributed by atoms with Gasteiger partial charge in [0.05, 0.1) is 16.6 Å². The van der Waals surface area contributed by atoms with E-state index in [9.17, 15) is 9.59 Å². The van der Waals surface area contributed by atoms with Crippen LogP contribution in [0.1, 0.15) is 33.1 Å². The number of likely N-dealkylation sites (tertiary alicyclic amines) is 1. The summed E-state index contributed by atoms with van der Waals surface area (Å²) in [6, 6.07) is 7.39. The maximum atomic E-state index is 12.6. The molecule has 154 valence electrons. The van der Waals surface area contributed by atoms with Gasteiger partial charge in [0, 0.05) is 29.9 Å². The first-order valence-corrected chi connectivity index (χ1v) is 11.7. The normalized spacial score (nSPS) is 22.1. The van der Waals surface area contributed by atoms with Crippen LogP contribution in [0.3, 0.4) is 0 Å². The fourth-order valence-corrected chi connectivity index (χ4v) is 5.24. The number of hydrogen-bond donors (Lipinski definition) is 3. The van der Waals surface area contributed by atoms with E-state index in [1.165, 1.54) is 0 Å². The van der Waals surface area contributed by atoms with Crippen molar-refractivity contribution < 1.29 is 9.59 Å². The van der Waals surface area contributed by atoms with Crippen LogP contribution in [0.5, 0.6) is 0 Å². The molecule has 2 unspecified atom stereocenters. The number of thioether (sulfide) groups is 1. The zero-order valence-corrected chi connectivity index (χ0v) is 18.9. The number of nitrogens with zero attached hydrogens (tertiary/aromatic N) is 1. The Kier molecular flexibility index (Phi) is 7.28. The zero-order chi connectivity index (χ0) is 20.1. The van der Waals surface area contributed by atoms with Gasteiger partial charge in [0.2, 0.25) is 5.91 Å². The average Bonchev–Trinajstić information content (AvgIpc) is 3.11. The first kappa shape index (κ1) is 21.5. The first-order chi connectivity index (χ1) is 13.4. The summed E-state index contributed by atoms with van der Waals surface area (Å²) in [5, 5.41) is 9.58. The molecule has 3 N–H and O–H groups in total. The van der Waals surface area contributed by atoms with Crippen molar-refractivity contribution in [2.24, 2.45) is 5.92 Å². The largest absolute Gasteiger partial charge is 0.354 e. The molecule has 0 bridgehead atoms. The number of carbonyl (C=O) groups excluding carboxylic acids is 2. The van der Waals surface area contributed by atoms with Gasteiger partial charge in [0.15, 0.2) is 0 Å². The fourth-order valence-electron chi connectivity index (χ4n) is 3.44. The summed E-state index contributed by atoms with van der Waals surface area (Å²) in [5.74, 6) is 1.38. The Hall–Kier alpha value is -1.25. The minimum atomic E-state index is -0.144. The second kappa shape index (κ2) is 9.50. The lowest BCUT2D eigenvalue weighted by molar-refractivity contribution is -0.122. The highest BCUT2D eigenvalue weighted by molar-refractivity contribution is 9.10. The number of benzene rings is 1. The lowest BCUT2D eigenvalue weighted by atomic mass is 10.0. The lowest BCUT2D eigenvalue weighted by Crippen LogP contribution is -2.55. The lowest BCUT2D eigenvalue weighted by Gasteiger charge is -2.39. The van der Waals surface area contributed by atoms with Crippen molar-refractivity contribution in [1.82, 2.24) is 15.5 Å². The number of piperidine rings is 1. The van der Waals surface area contributed by atoms with Crippen LogP contribution in [0.25, 0.3) is 0 Å². The summed E-state index contributed by atoms with van der Waals surface area (Å²) in [6.07, 6.45) is 2.75. The van der Waals surface area contributed by atoms with Gasteiger partial charge < -0.3 is 15.5 Å². The van der Waals surface area contributed by atoms with Crippen molar-refractivity contribution in [2.45, 2.75) is 44.0 Å². The van der Waals surface area contributed by atoms with Gasteiger partial charge >= 0.3 is 6.03 Å². The molecular weight excluding hydrogens is 440 g/mol. The minimum absolute atomic E-state index is 0.0763. The molecule has 1 aromatic rings. The van der Waals surface area contributed by atoms with Crippen molar-refractivity contribution >= 4 is 45.3 Å². The third-order valence-electron chi connectivity index (χ3n) is 5.58. The molecule has 2 heterocycles. The van der Waals surface area contributed by atoms with E-state index in [4.69, 9.17) is 0 Å². The molecule has 0 radical (unpaired) electrons. The fraction of sp³-hybridized carbons (Fsp3) is 0.600. The number of nitrogens with one attached hydrogen (secondary N) is 3. The highest BCUT2D eigenvalue weighted by Gasteiger charge is 2.44. The van der Waals surface area contributed by atoms with E-state index in [0.29, 0.717) is 19.0 Å². The van der Waals surface area contributed by atoms with Gasteiger partial charge in [-0.3, -0.25) is 10.1 Å². The highest BCUT2D eigenvalue weighted by atomic mass is 79.9. The molecule has 0 saturated carbocycles. The third kappa shape index (κ3) is 5.21. The van der Waals surface area contributed by atoms with Crippen LogP contribution in [0.2, 0.25) is 0 Å². The number of rotatable bonds is 5. The van der Waals surface area contributed by atoms with E-state index >= 15 is 0 Å². The number of hydrogen-bond acceptors (Lipinski definition) is 4. The smallest absolute Gasteiger partial charge is 0.321 e. The predicted octanol–water partition coefficient (Wildman–Crippen LogP) is 3.64. The second-order valence-corrected chi connectivity index (χ2v) is 9.92. The standard InChI is InChI=1S/C20H29BrN4O2S/c1-3-14(2)12-22-18(26)17-13-28-20(24-17)8-10-25(11-9-20)19(27)23-16-7-5-4-6-15(16)21/h4-7,14,17,24H,3,8-13H2,1-2H3,(H,22,26)(H,23,27). The first-order valence-electron chi connectivity index (χ1n) is 9.92. The Morgan fingerprint density at radius 1 is 1.36 bits per heavy atom. The zero-order valence-electron chi connectivity index (χ0n) is 16.5. The van der Waals surface area contributed by atoms with E-state index < -0.39 is 0 Å². The molecule has 6 nitrogen and oxygen atoms in total. The van der Waals surface area contributed by atoms with Crippen LogP contribution in [-0.4, -0.2) is 53.1 Å². The molecule has 2 aliphatic heterocycles. The number of halogens is 1. The Balaban J connectivity index is 1.48. The molecule has 2 fully saturated rings. The van der Waals surface area contributed by atoms with Gasteiger partial charge in [0.1, 0.15) is 0 Å². The molecular formula is C20H29BrN4O2S. The maximum absolute atomic E-state index is 12.6. The summed E-state index contributed by atoms with van der Waals surface area (Å²) in [5.41, 5.74) is 0.777. The van der Waals surface area contributed by atoms with Crippen LogP contribution in [0.15, 0.2) is 28.7 Å². The topological polar surface area (TPSA) is 73.5 Å². The molecule has 2 aliphatic rings. The van der Waals surface area contributed by atoms with Crippen LogP contribution in [0, 0.1) is 5.92 Å². The average molecular weight is 469 g/mol. The molecule has 2 saturated heterocycles. The molecule has 0 aliphatic carbocycles. The predicted molar refractivity (Wildman–Crippen MR) is 119 cm³/mol. The van der Waals surface area contributed by atoms with E-state index in [2.05, 4.69) is 45.7 Å². The Morgan fingerprint density at radius 3 is 2.75 bits per heavy atom. The minimum Gasteiger partial charge on any atom is -0.354 e. The number of para-hydroxylation sites is 1. The third-order valence-corrected chi connectivity index (χ3v) is 7.85. The van der Waals surface area contributed by atoms with Crippen LogP contribution >= 0.6 is 27.7 Å². The molecule has 0 aromatic heterocycles. The number of amides is 3. The summed E-state index contributed by atoms with van der Waals surface area (Å²) < 4.78 is 0.871. The van der Waals surface area contributed by atoms with Crippen LogP contribution in [0.4, 0.5) is 10.5 Å². The summed E-state index contributed by atoms with van der Waals surface area (Å²) in [6.45, 7) is 6.37. The molecule has 2 atom stereocenters. The van der Waals surface area contributed by atoms with E-state index in [0.717, 1.165) is 41.7 Å². The van der Waals surface area contributed by atoms with E-state index in [-0.39, 0.29) is 22.9 Å². The summed E-state index contributed by atoms with van der Waals surface area (Å²) in [4.78, 5) is 26.8. The Labute approximate surface area is 179 Å². The highest BCUT2D eigenvalue weighted by Crippen LogP contribution is 2.39. The quantitative estimate of drug-likeness (QED) is 0.616. The Bertz CT molecular complexity index is 709. The molecule has 3 amide bonds. The monoisotopic (exact) mass is 468 g/mol. The SMILES string of the molecule is CCC(C)CNC(=O)C1CSC2(CCN(C(=O)Nc3ccccc3Br)CC2)N1. The van der Waals surface area contributed by atoms with Crippen molar-refractivity contribution in [3.8, 4) is 0 Å². The second-order valence-electron chi connectivity index (χ2n) is 7.66. The van der Waals surface area contributed by atoms with Gasteiger partial charge in [-0.1, -0.05) is 32.4 Å². The van der Waals surface area contributed by atoms with Crippen molar-refractivity contribution in [3.05, 3.63) is 28.7 Å². The van der Waals surface area contributed by atoms with Gasteiger partial charge in [-0.2, -0.15) is 0 Å². The van der Waals surface area contributed by atoms with Gasteiger partial charge in [0.25, 0.3) is 0 Å².